The van der Waals surface area contributed by atoms with Crippen molar-refractivity contribution < 1.29 is 83.2 Å². The number of alkyl halides is 9. The van der Waals surface area contributed by atoms with Gasteiger partial charge in [0.1, 0.15) is 0 Å². The van der Waals surface area contributed by atoms with Crippen molar-refractivity contribution in [2.75, 3.05) is 52.6 Å². The van der Waals surface area contributed by atoms with Crippen LogP contribution < -0.4 is 31.8 Å². The highest BCUT2D eigenvalue weighted by Crippen LogP contribution is 2.67. The van der Waals surface area contributed by atoms with Crippen LogP contribution in [0, 0.1) is 5.41 Å². The molecule has 416 valence electrons. The third-order valence-electron chi connectivity index (χ3n) is 11.1. The molecule has 0 spiro atoms. The van der Waals surface area contributed by atoms with E-state index in [0.29, 0.717) is 0 Å². The van der Waals surface area contributed by atoms with E-state index in [-0.39, 0.29) is 5.41 Å². The van der Waals surface area contributed by atoms with E-state index >= 15 is 0 Å². The molecule has 0 N–H and O–H groups in total. The highest BCUT2D eigenvalue weighted by molar-refractivity contribution is 7.91. The molecule has 76 heavy (non-hydrogen) atoms. The Bertz CT molecular complexity index is 2610. The summed E-state index contributed by atoms with van der Waals surface area (Å²) < 4.78 is 177. The minimum atomic E-state index is -6.09. The van der Waals surface area contributed by atoms with Crippen molar-refractivity contribution in [2.24, 2.45) is 5.41 Å². The SMILES string of the molecule is CC(C[P+](C)(c1ccccc1)c1ccccc1)(C[P+](C)(c1ccccc1)c1ccccc1)C[P+](C)(c1ccccc1)c1ccccc1.CN(C)C=O.O=S(=O)([O-])C(F)(F)F.O=S(=O)([O-])C(F)(F)F.O=S(=O)([O-])C(F)(F)F. The number of halogens is 9. The maximum Gasteiger partial charge on any atom is 0.485 e. The zero-order valence-electron chi connectivity index (χ0n) is 41.5. The molecule has 0 unspecified atom stereocenters. The van der Waals surface area contributed by atoms with Gasteiger partial charge in [0, 0.05) is 14.1 Å². The number of benzene rings is 6. The normalized spacial score (nSPS) is 12.6. The minimum absolute atomic E-state index is 0.0244. The van der Waals surface area contributed by atoms with Gasteiger partial charge in [0.05, 0.1) is 97.5 Å². The first-order valence-corrected chi connectivity index (χ1v) is 33.3. The molecule has 0 saturated heterocycles. The third-order valence-corrected chi connectivity index (χ3v) is 25.6. The molecule has 26 heteroatoms. The van der Waals surface area contributed by atoms with Crippen LogP contribution in [0.4, 0.5) is 39.5 Å². The average Bonchev–Trinajstić information content (AvgIpc) is 3.34. The highest BCUT2D eigenvalue weighted by atomic mass is 32.2. The van der Waals surface area contributed by atoms with Crippen LogP contribution in [-0.2, 0) is 35.1 Å². The van der Waals surface area contributed by atoms with Crippen LogP contribution in [0.15, 0.2) is 182 Å². The van der Waals surface area contributed by atoms with Gasteiger partial charge in [0.2, 0.25) is 6.41 Å². The summed E-state index contributed by atoms with van der Waals surface area (Å²) >= 11 is 0. The Balaban J connectivity index is 0.000000554. The summed E-state index contributed by atoms with van der Waals surface area (Å²) in [7, 11) is -20.3. The van der Waals surface area contributed by atoms with Crippen LogP contribution in [0.2, 0.25) is 0 Å². The number of carbonyl (C=O) groups is 1. The first-order chi connectivity index (χ1) is 34.8. The Hall–Kier alpha value is -4.82. The van der Waals surface area contributed by atoms with Crippen LogP contribution in [0.25, 0.3) is 0 Å². The average molecular weight is 1190 g/mol. The number of rotatable bonds is 13. The second-order valence-corrected chi connectivity index (χ2v) is 33.0. The number of carbonyl (C=O) groups excluding carboxylic acids is 1. The first kappa shape index (κ1) is 67.3. The summed E-state index contributed by atoms with van der Waals surface area (Å²) in [5.41, 5.74) is -16.9. The molecule has 6 aromatic carbocycles. The van der Waals surface area contributed by atoms with E-state index in [0.717, 1.165) is 24.9 Å². The standard InChI is InChI=1S/C44H48P3.C3H7NO.3CHF3O3S/c1-44(35-45(2,38-23-11-5-12-24-38)39-25-13-6-14-26-39,36-46(3,40-27-15-7-16-28-40)41-29-17-8-18-30-41)37-47(4,42-31-19-9-20-32-42)43-33-21-10-22-34-43;1-4(2)3-5;3*2-1(3,4)8(5,6)7/h5-34H,35-37H2,1-4H3;3H,1-2H3;3*(H,5,6,7)/q+3;;;;/p-3. The molecule has 0 atom stereocenters. The Labute approximate surface area is 439 Å². The van der Waals surface area contributed by atoms with Gasteiger partial charge in [-0.1, -0.05) is 109 Å². The molecule has 0 aliphatic rings. The predicted octanol–water partition coefficient (Wildman–Crippen LogP) is 8.75. The lowest BCUT2D eigenvalue weighted by atomic mass is 9.99. The lowest BCUT2D eigenvalue weighted by Crippen LogP contribution is -2.43. The lowest BCUT2D eigenvalue weighted by Gasteiger charge is -2.40. The molecule has 0 bridgehead atoms. The Morgan fingerprint density at radius 1 is 0.382 bits per heavy atom. The topological polar surface area (TPSA) is 192 Å². The van der Waals surface area contributed by atoms with Crippen molar-refractivity contribution in [2.45, 2.75) is 23.4 Å². The molecular formula is C50H55F9NO10P3S3. The number of hydrogen-bond donors (Lipinski definition) is 0. The van der Waals surface area contributed by atoms with E-state index in [1.165, 1.54) is 36.7 Å². The zero-order chi connectivity index (χ0) is 58.1. The Morgan fingerprint density at radius 3 is 0.592 bits per heavy atom. The molecule has 11 nitrogen and oxygen atoms in total. The summed E-state index contributed by atoms with van der Waals surface area (Å²) in [6.45, 7) is 10.5. The number of amides is 1. The zero-order valence-corrected chi connectivity index (χ0v) is 46.6. The van der Waals surface area contributed by atoms with E-state index in [1.807, 2.05) is 0 Å². The van der Waals surface area contributed by atoms with E-state index in [1.54, 1.807) is 14.1 Å². The van der Waals surface area contributed by atoms with Crippen molar-refractivity contribution in [3.8, 4) is 0 Å². The third kappa shape index (κ3) is 20.2. The van der Waals surface area contributed by atoms with Gasteiger partial charge < -0.3 is 18.6 Å². The quantitative estimate of drug-likeness (QED) is 0.0355. The van der Waals surface area contributed by atoms with Crippen LogP contribution in [0.1, 0.15) is 6.92 Å². The predicted molar refractivity (Wildman–Crippen MR) is 285 cm³/mol. The van der Waals surface area contributed by atoms with E-state index in [9.17, 15) is 44.3 Å². The molecule has 0 aliphatic carbocycles. The van der Waals surface area contributed by atoms with Gasteiger partial charge >= 0.3 is 16.5 Å². The fourth-order valence-electron chi connectivity index (χ4n) is 7.98. The Kier molecular flexibility index (Phi) is 24.5. The summed E-state index contributed by atoms with van der Waals surface area (Å²) in [6.07, 6.45) is 4.20. The molecule has 0 aromatic heterocycles. The maximum atomic E-state index is 10.7. The van der Waals surface area contributed by atoms with E-state index in [4.69, 9.17) is 38.9 Å². The molecule has 6 aromatic rings. The van der Waals surface area contributed by atoms with Crippen molar-refractivity contribution in [3.63, 3.8) is 0 Å². The number of nitrogens with zero attached hydrogens (tertiary/aromatic N) is 1. The summed E-state index contributed by atoms with van der Waals surface area (Å²) in [6, 6.07) is 68.6. The van der Waals surface area contributed by atoms with Gasteiger partial charge in [-0.2, -0.15) is 39.5 Å². The van der Waals surface area contributed by atoms with Gasteiger partial charge in [0.25, 0.3) is 0 Å². The molecule has 0 heterocycles. The van der Waals surface area contributed by atoms with Crippen LogP contribution in [0.3, 0.4) is 0 Å². The second-order valence-electron chi connectivity index (χ2n) is 17.6. The summed E-state index contributed by atoms with van der Waals surface area (Å²) in [4.78, 5) is 10.9. The van der Waals surface area contributed by atoms with Crippen molar-refractivity contribution in [1.29, 1.82) is 0 Å². The van der Waals surface area contributed by atoms with Crippen molar-refractivity contribution in [3.05, 3.63) is 182 Å². The maximum absolute atomic E-state index is 10.7. The Morgan fingerprint density at radius 2 is 0.500 bits per heavy atom. The van der Waals surface area contributed by atoms with Crippen LogP contribution in [0.5, 0.6) is 0 Å². The van der Waals surface area contributed by atoms with Crippen molar-refractivity contribution in [1.82, 2.24) is 4.90 Å². The second kappa shape index (κ2) is 27.7. The first-order valence-electron chi connectivity index (χ1n) is 21.9. The van der Waals surface area contributed by atoms with Crippen LogP contribution in [-0.4, -0.2) is 119 Å². The van der Waals surface area contributed by atoms with Crippen molar-refractivity contribution >= 4 is 90.4 Å². The van der Waals surface area contributed by atoms with E-state index in [2.05, 4.69) is 209 Å². The molecular weight excluding hydrogens is 1130 g/mol. The smallest absolute Gasteiger partial charge is 0.485 e. The molecule has 0 saturated carbocycles. The van der Waals surface area contributed by atoms with E-state index < -0.39 is 68.7 Å². The lowest BCUT2D eigenvalue weighted by molar-refractivity contribution is -0.115. The monoisotopic (exact) mass is 1190 g/mol. The molecule has 0 radical (unpaired) electrons. The summed E-state index contributed by atoms with van der Waals surface area (Å²) in [5, 5.41) is 8.98. The summed E-state index contributed by atoms with van der Waals surface area (Å²) in [5.74, 6) is 0. The molecule has 6 rings (SSSR count). The van der Waals surface area contributed by atoms with Gasteiger partial charge in [0.15, 0.2) is 30.4 Å². The van der Waals surface area contributed by atoms with Crippen LogP contribution >= 0.6 is 21.8 Å². The van der Waals surface area contributed by atoms with Gasteiger partial charge in [-0.3, -0.25) is 4.79 Å². The largest absolute Gasteiger partial charge is 0.741 e. The molecule has 0 fully saturated rings. The fourth-order valence-corrected chi connectivity index (χ4v) is 20.7. The fraction of sp³-hybridized carbons (Fsp3) is 0.260. The molecule has 1 amide bonds. The van der Waals surface area contributed by atoms with Gasteiger partial charge in [-0.15, -0.1) is 0 Å². The molecule has 0 aliphatic heterocycles. The highest BCUT2D eigenvalue weighted by Gasteiger charge is 2.56. The minimum Gasteiger partial charge on any atom is -0.741 e. The van der Waals surface area contributed by atoms with Gasteiger partial charge in [-0.05, 0) is 79.7 Å². The van der Waals surface area contributed by atoms with Gasteiger partial charge in [-0.25, -0.2) is 25.3 Å². The number of hydrogen-bond acceptors (Lipinski definition) is 10.